The SMILES string of the molecule is CC1CCC(C(C)CC#N)C2(C1)OC=CO2. The van der Waals surface area contributed by atoms with Gasteiger partial charge in [-0.2, -0.15) is 5.26 Å². The van der Waals surface area contributed by atoms with Crippen molar-refractivity contribution in [3.63, 3.8) is 0 Å². The molecule has 0 aromatic heterocycles. The van der Waals surface area contributed by atoms with E-state index in [1.54, 1.807) is 12.5 Å². The molecule has 88 valence electrons. The first kappa shape index (κ1) is 11.3. The Hall–Kier alpha value is -1.17. The first-order chi connectivity index (χ1) is 7.68. The summed E-state index contributed by atoms with van der Waals surface area (Å²) in [5.74, 6) is 0.815. The topological polar surface area (TPSA) is 42.2 Å². The lowest BCUT2D eigenvalue weighted by Crippen LogP contribution is -2.46. The second-order valence-corrected chi connectivity index (χ2v) is 5.15. The Balaban J connectivity index is 2.13. The van der Waals surface area contributed by atoms with Crippen molar-refractivity contribution in [2.45, 2.75) is 45.3 Å². The number of hydrogen-bond acceptors (Lipinski definition) is 3. The van der Waals surface area contributed by atoms with Crippen molar-refractivity contribution in [2.75, 3.05) is 0 Å². The Morgan fingerprint density at radius 2 is 2.12 bits per heavy atom. The minimum absolute atomic E-state index is 0.331. The maximum absolute atomic E-state index is 8.80. The summed E-state index contributed by atoms with van der Waals surface area (Å²) >= 11 is 0. The molecule has 1 saturated carbocycles. The van der Waals surface area contributed by atoms with E-state index >= 15 is 0 Å². The number of rotatable bonds is 2. The van der Waals surface area contributed by atoms with E-state index in [1.165, 1.54) is 6.42 Å². The third kappa shape index (κ3) is 1.89. The van der Waals surface area contributed by atoms with Crippen LogP contribution in [0, 0.1) is 29.1 Å². The van der Waals surface area contributed by atoms with Crippen molar-refractivity contribution < 1.29 is 9.47 Å². The molecule has 0 aromatic rings. The number of nitrogens with zero attached hydrogens (tertiary/aromatic N) is 1. The van der Waals surface area contributed by atoms with Crippen LogP contribution in [0.15, 0.2) is 12.5 Å². The zero-order chi connectivity index (χ0) is 11.6. The zero-order valence-electron chi connectivity index (χ0n) is 9.98. The molecule has 0 aromatic carbocycles. The van der Waals surface area contributed by atoms with Gasteiger partial charge in [-0.25, -0.2) is 0 Å². The van der Waals surface area contributed by atoms with E-state index in [0.29, 0.717) is 24.2 Å². The average molecular weight is 221 g/mol. The molecular formula is C13H19NO2. The fraction of sp³-hybridized carbons (Fsp3) is 0.769. The quantitative estimate of drug-likeness (QED) is 0.719. The van der Waals surface area contributed by atoms with Gasteiger partial charge in [-0.1, -0.05) is 13.8 Å². The highest BCUT2D eigenvalue weighted by atomic mass is 16.7. The lowest BCUT2D eigenvalue weighted by Gasteiger charge is -2.43. The smallest absolute Gasteiger partial charge is 0.253 e. The maximum Gasteiger partial charge on any atom is 0.253 e. The monoisotopic (exact) mass is 221 g/mol. The van der Waals surface area contributed by atoms with Crippen LogP contribution in [0.3, 0.4) is 0 Å². The van der Waals surface area contributed by atoms with E-state index in [2.05, 4.69) is 19.9 Å². The molecule has 1 heterocycles. The third-order valence-electron chi connectivity index (χ3n) is 3.86. The molecule has 2 aliphatic rings. The number of hydrogen-bond donors (Lipinski definition) is 0. The van der Waals surface area contributed by atoms with E-state index in [0.717, 1.165) is 12.8 Å². The van der Waals surface area contributed by atoms with Crippen molar-refractivity contribution in [1.29, 1.82) is 5.26 Å². The number of ether oxygens (including phenoxy) is 2. The summed E-state index contributed by atoms with van der Waals surface area (Å²) < 4.78 is 11.4. The van der Waals surface area contributed by atoms with Crippen LogP contribution in [0.5, 0.6) is 0 Å². The van der Waals surface area contributed by atoms with Gasteiger partial charge in [0.2, 0.25) is 0 Å². The summed E-state index contributed by atoms with van der Waals surface area (Å²) in [6.07, 6.45) is 7.09. The van der Waals surface area contributed by atoms with Crippen LogP contribution in [0.1, 0.15) is 39.5 Å². The van der Waals surface area contributed by atoms with Gasteiger partial charge >= 0.3 is 0 Å². The fourth-order valence-electron chi connectivity index (χ4n) is 3.01. The number of nitriles is 1. The van der Waals surface area contributed by atoms with E-state index in [9.17, 15) is 0 Å². The first-order valence-corrected chi connectivity index (χ1v) is 6.05. The predicted molar refractivity (Wildman–Crippen MR) is 59.9 cm³/mol. The second kappa shape index (κ2) is 4.37. The van der Waals surface area contributed by atoms with Gasteiger partial charge < -0.3 is 9.47 Å². The molecule has 0 bridgehead atoms. The standard InChI is InChI=1S/C13H19NO2/c1-10-3-4-12(11(2)5-6-14)13(9-10)15-7-8-16-13/h7-8,10-12H,3-5,9H2,1-2H3. The molecule has 0 radical (unpaired) electrons. The molecule has 3 heteroatoms. The van der Waals surface area contributed by atoms with Crippen LogP contribution in [0.2, 0.25) is 0 Å². The minimum Gasteiger partial charge on any atom is -0.456 e. The van der Waals surface area contributed by atoms with Gasteiger partial charge in [0, 0.05) is 18.8 Å². The van der Waals surface area contributed by atoms with Crippen molar-refractivity contribution in [2.24, 2.45) is 17.8 Å². The molecule has 1 spiro atoms. The van der Waals surface area contributed by atoms with Gasteiger partial charge in [-0.15, -0.1) is 0 Å². The van der Waals surface area contributed by atoms with E-state index in [1.807, 2.05) is 0 Å². The van der Waals surface area contributed by atoms with E-state index in [4.69, 9.17) is 14.7 Å². The summed E-state index contributed by atoms with van der Waals surface area (Å²) in [5, 5.41) is 8.80. The lowest BCUT2D eigenvalue weighted by molar-refractivity contribution is -0.219. The maximum atomic E-state index is 8.80. The predicted octanol–water partition coefficient (Wildman–Crippen LogP) is 3.19. The van der Waals surface area contributed by atoms with Crippen molar-refractivity contribution in [1.82, 2.24) is 0 Å². The van der Waals surface area contributed by atoms with Gasteiger partial charge in [0.1, 0.15) is 12.5 Å². The lowest BCUT2D eigenvalue weighted by atomic mass is 9.71. The van der Waals surface area contributed by atoms with Crippen molar-refractivity contribution in [3.8, 4) is 6.07 Å². The summed E-state index contributed by atoms with van der Waals surface area (Å²) in [6, 6.07) is 2.25. The highest BCUT2D eigenvalue weighted by Gasteiger charge is 2.50. The normalized spacial score (nSPS) is 32.8. The zero-order valence-corrected chi connectivity index (χ0v) is 9.98. The minimum atomic E-state index is -0.478. The fourth-order valence-corrected chi connectivity index (χ4v) is 3.01. The molecule has 1 aliphatic heterocycles. The van der Waals surface area contributed by atoms with Crippen LogP contribution in [0.4, 0.5) is 0 Å². The molecule has 16 heavy (non-hydrogen) atoms. The van der Waals surface area contributed by atoms with Gasteiger partial charge in [0.05, 0.1) is 6.07 Å². The van der Waals surface area contributed by atoms with Crippen molar-refractivity contribution >= 4 is 0 Å². The highest BCUT2D eigenvalue weighted by Crippen LogP contribution is 2.46. The molecule has 0 amide bonds. The van der Waals surface area contributed by atoms with Gasteiger partial charge in [0.25, 0.3) is 5.79 Å². The average Bonchev–Trinajstić information content (AvgIpc) is 2.67. The Kier molecular flexibility index (Phi) is 3.09. The molecule has 2 rings (SSSR count). The summed E-state index contributed by atoms with van der Waals surface area (Å²) in [6.45, 7) is 4.36. The Bertz CT molecular complexity index is 310. The van der Waals surface area contributed by atoms with Crippen LogP contribution in [0.25, 0.3) is 0 Å². The largest absolute Gasteiger partial charge is 0.456 e. The summed E-state index contributed by atoms with van der Waals surface area (Å²) in [7, 11) is 0. The molecular weight excluding hydrogens is 202 g/mol. The Labute approximate surface area is 97.0 Å². The molecule has 1 fully saturated rings. The molecule has 3 unspecified atom stereocenters. The second-order valence-electron chi connectivity index (χ2n) is 5.15. The van der Waals surface area contributed by atoms with Crippen LogP contribution < -0.4 is 0 Å². The van der Waals surface area contributed by atoms with Gasteiger partial charge in [-0.3, -0.25) is 0 Å². The van der Waals surface area contributed by atoms with Crippen LogP contribution in [-0.4, -0.2) is 5.79 Å². The van der Waals surface area contributed by atoms with E-state index in [-0.39, 0.29) is 0 Å². The Morgan fingerprint density at radius 3 is 2.75 bits per heavy atom. The van der Waals surface area contributed by atoms with E-state index < -0.39 is 5.79 Å². The Morgan fingerprint density at radius 1 is 1.44 bits per heavy atom. The van der Waals surface area contributed by atoms with Gasteiger partial charge in [-0.05, 0) is 24.7 Å². The van der Waals surface area contributed by atoms with Crippen LogP contribution >= 0.6 is 0 Å². The summed E-state index contributed by atoms with van der Waals surface area (Å²) in [4.78, 5) is 0. The highest BCUT2D eigenvalue weighted by molar-refractivity contribution is 4.96. The van der Waals surface area contributed by atoms with Gasteiger partial charge in [0.15, 0.2) is 0 Å². The molecule has 3 nitrogen and oxygen atoms in total. The summed E-state index contributed by atoms with van der Waals surface area (Å²) in [5.41, 5.74) is 0. The molecule has 1 aliphatic carbocycles. The third-order valence-corrected chi connectivity index (χ3v) is 3.86. The van der Waals surface area contributed by atoms with Crippen LogP contribution in [-0.2, 0) is 9.47 Å². The molecule has 3 atom stereocenters. The first-order valence-electron chi connectivity index (χ1n) is 6.05. The molecule has 0 saturated heterocycles. The van der Waals surface area contributed by atoms with Crippen molar-refractivity contribution in [3.05, 3.63) is 12.5 Å². The molecule has 0 N–H and O–H groups in total.